The Kier molecular flexibility index (Phi) is 5.66. The number of hydrogen-bond donors (Lipinski definition) is 2. The summed E-state index contributed by atoms with van der Waals surface area (Å²) < 4.78 is 36.4. The van der Waals surface area contributed by atoms with E-state index in [2.05, 4.69) is 34.7 Å². The maximum absolute atomic E-state index is 12.5. The zero-order valence-corrected chi connectivity index (χ0v) is 16.9. The molecule has 10 heteroatoms. The van der Waals surface area contributed by atoms with Gasteiger partial charge in [0.05, 0.1) is 11.7 Å². The number of aryl methyl sites for hydroxylation is 1. The van der Waals surface area contributed by atoms with E-state index < -0.39 is 10.0 Å². The van der Waals surface area contributed by atoms with Gasteiger partial charge in [0, 0.05) is 23.1 Å². The molecule has 2 N–H and O–H groups in total. The fraction of sp³-hybridized carbons (Fsp3) is 0.188. The summed E-state index contributed by atoms with van der Waals surface area (Å²) in [5, 5.41) is 2.77. The zero-order chi connectivity index (χ0) is 18.7. The summed E-state index contributed by atoms with van der Waals surface area (Å²) in [6.07, 6.45) is 0.0139. The summed E-state index contributed by atoms with van der Waals surface area (Å²) in [7, 11) is -3.77. The second-order valence-corrected chi connectivity index (χ2v) is 8.72. The normalized spacial score (nSPS) is 11.6. The molecule has 0 atom stereocenters. The number of rotatable bonds is 6. The summed E-state index contributed by atoms with van der Waals surface area (Å²) in [6.45, 7) is 1.86. The molecule has 0 aliphatic carbocycles. The van der Waals surface area contributed by atoms with Gasteiger partial charge in [-0.15, -0.1) is 0 Å². The van der Waals surface area contributed by atoms with E-state index >= 15 is 0 Å². The molecule has 0 radical (unpaired) electrons. The molecule has 1 aromatic heterocycles. The number of benzene rings is 2. The van der Waals surface area contributed by atoms with Crippen LogP contribution in [-0.4, -0.2) is 29.6 Å². The molecule has 26 heavy (non-hydrogen) atoms. The highest BCUT2D eigenvalue weighted by atomic mass is 79.9. The Morgan fingerprint density at radius 2 is 2.04 bits per heavy atom. The smallest absolute Gasteiger partial charge is 0.242 e. The Morgan fingerprint density at radius 3 is 2.81 bits per heavy atom. The third kappa shape index (κ3) is 4.26. The van der Waals surface area contributed by atoms with Gasteiger partial charge in [0.2, 0.25) is 15.9 Å². The number of anilines is 1. The number of fused-ring (bicyclic) bond motifs is 1. The molecular weight excluding hydrogens is 440 g/mol. The first-order valence-electron chi connectivity index (χ1n) is 7.64. The van der Waals surface area contributed by atoms with Crippen LogP contribution in [0, 0.1) is 6.92 Å². The molecule has 0 unspecified atom stereocenters. The van der Waals surface area contributed by atoms with Crippen LogP contribution in [0.5, 0.6) is 0 Å². The van der Waals surface area contributed by atoms with Crippen LogP contribution in [0.3, 0.4) is 0 Å². The van der Waals surface area contributed by atoms with Crippen LogP contribution in [0.2, 0.25) is 0 Å². The van der Waals surface area contributed by atoms with E-state index in [1.54, 1.807) is 18.2 Å². The number of aromatic nitrogens is 2. The topological polar surface area (TPSA) is 101 Å². The average Bonchev–Trinajstić information content (AvgIpc) is 3.05. The highest BCUT2D eigenvalue weighted by Crippen LogP contribution is 2.21. The SMILES string of the molecule is Cc1cc(Br)ccc1NC(=O)CCNS(=O)(=O)c1cccc2nsnc12. The minimum Gasteiger partial charge on any atom is -0.326 e. The van der Waals surface area contributed by atoms with E-state index in [1.807, 2.05) is 19.1 Å². The first kappa shape index (κ1) is 18.9. The number of hydrogen-bond acceptors (Lipinski definition) is 6. The van der Waals surface area contributed by atoms with Gasteiger partial charge in [0.15, 0.2) is 0 Å². The second-order valence-electron chi connectivity index (χ2n) is 5.54. The van der Waals surface area contributed by atoms with Crippen molar-refractivity contribution in [1.82, 2.24) is 13.5 Å². The first-order chi connectivity index (χ1) is 12.4. The fourth-order valence-corrected chi connectivity index (χ4v) is 4.63. The molecule has 3 aromatic rings. The van der Waals surface area contributed by atoms with Gasteiger partial charge in [-0.05, 0) is 42.8 Å². The number of amides is 1. The van der Waals surface area contributed by atoms with Gasteiger partial charge in [-0.1, -0.05) is 22.0 Å². The van der Waals surface area contributed by atoms with Crippen molar-refractivity contribution < 1.29 is 13.2 Å². The lowest BCUT2D eigenvalue weighted by Gasteiger charge is -2.10. The highest BCUT2D eigenvalue weighted by molar-refractivity contribution is 9.10. The monoisotopic (exact) mass is 454 g/mol. The van der Waals surface area contributed by atoms with Crippen molar-refractivity contribution in [3.8, 4) is 0 Å². The van der Waals surface area contributed by atoms with Crippen LogP contribution in [0.25, 0.3) is 11.0 Å². The second kappa shape index (κ2) is 7.78. The first-order valence-corrected chi connectivity index (χ1v) is 10.6. The standard InChI is InChI=1S/C16H15BrN4O3S2/c1-10-9-11(17)5-6-12(10)19-15(22)7-8-18-26(23,24)14-4-2-3-13-16(14)21-25-20-13/h2-6,9,18H,7-8H2,1H3,(H,19,22). The largest absolute Gasteiger partial charge is 0.326 e. The molecule has 3 rings (SSSR count). The molecule has 1 amide bonds. The van der Waals surface area contributed by atoms with Crippen molar-refractivity contribution in [1.29, 1.82) is 0 Å². The van der Waals surface area contributed by atoms with E-state index in [-0.39, 0.29) is 23.8 Å². The molecule has 0 aliphatic heterocycles. The van der Waals surface area contributed by atoms with Crippen molar-refractivity contribution >= 4 is 60.3 Å². The van der Waals surface area contributed by atoms with Crippen molar-refractivity contribution in [2.24, 2.45) is 0 Å². The van der Waals surface area contributed by atoms with Crippen LogP contribution in [0.4, 0.5) is 5.69 Å². The Balaban J connectivity index is 1.62. The lowest BCUT2D eigenvalue weighted by atomic mass is 10.2. The number of carbonyl (C=O) groups excluding carboxylic acids is 1. The highest BCUT2D eigenvalue weighted by Gasteiger charge is 2.19. The lowest BCUT2D eigenvalue weighted by molar-refractivity contribution is -0.116. The Morgan fingerprint density at radius 1 is 1.23 bits per heavy atom. The summed E-state index contributed by atoms with van der Waals surface area (Å²) in [5.74, 6) is -0.272. The van der Waals surface area contributed by atoms with Gasteiger partial charge in [-0.3, -0.25) is 4.79 Å². The van der Waals surface area contributed by atoms with Gasteiger partial charge in [0.25, 0.3) is 0 Å². The Bertz CT molecular complexity index is 1070. The van der Waals surface area contributed by atoms with Gasteiger partial charge in [-0.2, -0.15) is 8.75 Å². The average molecular weight is 455 g/mol. The molecule has 136 valence electrons. The number of carbonyl (C=O) groups is 1. The summed E-state index contributed by atoms with van der Waals surface area (Å²) in [5.41, 5.74) is 2.47. The van der Waals surface area contributed by atoms with Crippen LogP contribution >= 0.6 is 27.7 Å². The van der Waals surface area contributed by atoms with E-state index in [0.29, 0.717) is 16.7 Å². The zero-order valence-electron chi connectivity index (χ0n) is 13.7. The summed E-state index contributed by atoms with van der Waals surface area (Å²) in [6, 6.07) is 10.3. The van der Waals surface area contributed by atoms with Gasteiger partial charge < -0.3 is 5.32 Å². The number of nitrogens with one attached hydrogen (secondary N) is 2. The Hall–Kier alpha value is -1.88. The minimum absolute atomic E-state index is 0.0139. The van der Waals surface area contributed by atoms with Gasteiger partial charge in [-0.25, -0.2) is 13.1 Å². The molecule has 0 saturated heterocycles. The summed E-state index contributed by atoms with van der Waals surface area (Å²) in [4.78, 5) is 12.1. The summed E-state index contributed by atoms with van der Waals surface area (Å²) >= 11 is 4.32. The van der Waals surface area contributed by atoms with E-state index in [0.717, 1.165) is 21.8 Å². The molecule has 0 fully saturated rings. The van der Waals surface area contributed by atoms with Gasteiger partial charge >= 0.3 is 0 Å². The van der Waals surface area contributed by atoms with Crippen LogP contribution in [0.15, 0.2) is 45.8 Å². The quantitative estimate of drug-likeness (QED) is 0.595. The third-order valence-electron chi connectivity index (χ3n) is 3.65. The molecule has 0 saturated carbocycles. The van der Waals surface area contributed by atoms with Crippen LogP contribution in [0.1, 0.15) is 12.0 Å². The fourth-order valence-electron chi connectivity index (χ4n) is 2.35. The number of sulfonamides is 1. The minimum atomic E-state index is -3.77. The van der Waals surface area contributed by atoms with Crippen LogP contribution < -0.4 is 10.0 Å². The molecular formula is C16H15BrN4O3S2. The molecule has 0 bridgehead atoms. The van der Waals surface area contributed by atoms with E-state index in [4.69, 9.17) is 0 Å². The molecule has 7 nitrogen and oxygen atoms in total. The number of nitrogens with zero attached hydrogens (tertiary/aromatic N) is 2. The maximum Gasteiger partial charge on any atom is 0.242 e. The van der Waals surface area contributed by atoms with Crippen molar-refractivity contribution in [3.63, 3.8) is 0 Å². The maximum atomic E-state index is 12.5. The van der Waals surface area contributed by atoms with Crippen molar-refractivity contribution in [3.05, 3.63) is 46.4 Å². The van der Waals surface area contributed by atoms with Crippen molar-refractivity contribution in [2.45, 2.75) is 18.2 Å². The van der Waals surface area contributed by atoms with Crippen LogP contribution in [-0.2, 0) is 14.8 Å². The predicted octanol–water partition coefficient (Wildman–Crippen LogP) is 3.07. The predicted molar refractivity (Wildman–Crippen MR) is 105 cm³/mol. The lowest BCUT2D eigenvalue weighted by Crippen LogP contribution is -2.28. The van der Waals surface area contributed by atoms with Gasteiger partial charge in [0.1, 0.15) is 15.9 Å². The van der Waals surface area contributed by atoms with Crippen molar-refractivity contribution in [2.75, 3.05) is 11.9 Å². The van der Waals surface area contributed by atoms with E-state index in [1.165, 1.54) is 6.07 Å². The molecule has 0 aliphatic rings. The molecule has 2 aromatic carbocycles. The molecule has 1 heterocycles. The Labute approximate surface area is 163 Å². The molecule has 0 spiro atoms. The third-order valence-corrected chi connectivity index (χ3v) is 6.17. The number of halogens is 1. The van der Waals surface area contributed by atoms with E-state index in [9.17, 15) is 13.2 Å².